The minimum atomic E-state index is -1.20. The maximum absolute atomic E-state index is 8.62. The second-order valence-electron chi connectivity index (χ2n) is 3.82. The molecule has 0 bridgehead atoms. The van der Waals surface area contributed by atoms with Gasteiger partial charge in [0.15, 0.2) is 0 Å². The lowest BCUT2D eigenvalue weighted by atomic mass is 10.2. The number of hydrogen-bond acceptors (Lipinski definition) is 1. The van der Waals surface area contributed by atoms with Gasteiger partial charge in [0, 0.05) is 13.0 Å². The monoisotopic (exact) mass is 212 g/mol. The highest BCUT2D eigenvalue weighted by atomic mass is 28.3. The van der Waals surface area contributed by atoms with Gasteiger partial charge in [0.25, 0.3) is 0 Å². The molecule has 0 rings (SSSR count). The summed E-state index contributed by atoms with van der Waals surface area (Å²) in [5.41, 5.74) is 3.55. The van der Waals surface area contributed by atoms with Crippen molar-refractivity contribution >= 4 is 8.07 Å². The molecule has 0 radical (unpaired) electrons. The van der Waals surface area contributed by atoms with E-state index in [1.165, 1.54) is 18.1 Å². The van der Waals surface area contributed by atoms with Gasteiger partial charge in [-0.25, -0.2) is 0 Å². The quantitative estimate of drug-likeness (QED) is 0.407. The molecule has 0 saturated carbocycles. The number of aliphatic hydroxyl groups excluding tert-OH is 1. The molecule has 0 aliphatic carbocycles. The van der Waals surface area contributed by atoms with Crippen LogP contribution in [-0.4, -0.2) is 19.8 Å². The van der Waals surface area contributed by atoms with E-state index in [1.54, 1.807) is 0 Å². The van der Waals surface area contributed by atoms with Gasteiger partial charge in [0.05, 0.1) is 0 Å². The van der Waals surface area contributed by atoms with Crippen molar-refractivity contribution in [2.45, 2.75) is 58.2 Å². The zero-order valence-electron chi connectivity index (χ0n) is 9.90. The smallest absolute Gasteiger partial charge is 0.137 e. The predicted molar refractivity (Wildman–Crippen MR) is 65.9 cm³/mol. The molecule has 0 amide bonds. The molecule has 1 N–H and O–H groups in total. The van der Waals surface area contributed by atoms with E-state index in [0.717, 1.165) is 19.3 Å². The van der Waals surface area contributed by atoms with Crippen LogP contribution in [0.1, 0.15) is 40.0 Å². The van der Waals surface area contributed by atoms with Crippen LogP contribution in [0.5, 0.6) is 0 Å². The van der Waals surface area contributed by atoms with Crippen LogP contribution in [0.3, 0.4) is 0 Å². The summed E-state index contributed by atoms with van der Waals surface area (Å²) >= 11 is 0. The topological polar surface area (TPSA) is 20.2 Å². The molecule has 0 aliphatic rings. The largest absolute Gasteiger partial charge is 0.396 e. The van der Waals surface area contributed by atoms with Crippen molar-refractivity contribution in [2.24, 2.45) is 0 Å². The summed E-state index contributed by atoms with van der Waals surface area (Å²) < 4.78 is 0. The van der Waals surface area contributed by atoms with E-state index in [0.29, 0.717) is 6.61 Å². The van der Waals surface area contributed by atoms with Gasteiger partial charge in [-0.05, 0) is 31.0 Å². The highest BCUT2D eigenvalue weighted by Crippen LogP contribution is 2.18. The molecule has 0 atom stereocenters. The lowest BCUT2D eigenvalue weighted by molar-refractivity contribution is 0.285. The molecule has 0 spiro atoms. The van der Waals surface area contributed by atoms with Crippen LogP contribution in [0, 0.1) is 11.5 Å². The number of rotatable bonds is 6. The zero-order valence-corrected chi connectivity index (χ0v) is 10.9. The molecule has 0 saturated heterocycles. The van der Waals surface area contributed by atoms with E-state index in [2.05, 4.69) is 32.2 Å². The summed E-state index contributed by atoms with van der Waals surface area (Å²) in [6.45, 7) is 7.14. The highest BCUT2D eigenvalue weighted by Gasteiger charge is 2.23. The third kappa shape index (κ3) is 4.83. The first kappa shape index (κ1) is 13.7. The van der Waals surface area contributed by atoms with Crippen LogP contribution < -0.4 is 0 Å². The lowest BCUT2D eigenvalue weighted by Gasteiger charge is -2.20. The van der Waals surface area contributed by atoms with Gasteiger partial charge in [-0.1, -0.05) is 20.8 Å². The lowest BCUT2D eigenvalue weighted by Crippen LogP contribution is -2.29. The Morgan fingerprint density at radius 3 is 2.00 bits per heavy atom. The van der Waals surface area contributed by atoms with Crippen LogP contribution in [0.15, 0.2) is 0 Å². The van der Waals surface area contributed by atoms with Crippen LogP contribution in [-0.2, 0) is 0 Å². The maximum Gasteiger partial charge on any atom is 0.137 e. The van der Waals surface area contributed by atoms with Gasteiger partial charge in [0.2, 0.25) is 0 Å². The molecule has 0 unspecified atom stereocenters. The molecule has 0 aromatic heterocycles. The fourth-order valence-electron chi connectivity index (χ4n) is 1.59. The summed E-state index contributed by atoms with van der Waals surface area (Å²) in [6.07, 6.45) is 2.91. The Morgan fingerprint density at radius 2 is 1.57 bits per heavy atom. The number of hydrogen-bond donors (Lipinski definition) is 1. The highest BCUT2D eigenvalue weighted by molar-refractivity contribution is 6.87. The minimum Gasteiger partial charge on any atom is -0.396 e. The fraction of sp³-hybridized carbons (Fsp3) is 0.833. The maximum atomic E-state index is 8.62. The zero-order chi connectivity index (χ0) is 10.9. The Morgan fingerprint density at radius 1 is 1.00 bits per heavy atom. The molecule has 0 fully saturated rings. The standard InChI is InChI=1S/C12H24OSi/c1-4-14(5-2,6-3)12-10-8-7-9-11-13/h13H,4-9,11H2,1-3H3. The van der Waals surface area contributed by atoms with Crippen LogP contribution >= 0.6 is 0 Å². The second kappa shape index (κ2) is 8.08. The van der Waals surface area contributed by atoms with Crippen LogP contribution in [0.2, 0.25) is 18.1 Å². The summed E-state index contributed by atoms with van der Waals surface area (Å²) in [5, 5.41) is 8.62. The molecule has 82 valence electrons. The van der Waals surface area contributed by atoms with E-state index < -0.39 is 8.07 Å². The Hall–Kier alpha value is -0.263. The van der Waals surface area contributed by atoms with Gasteiger partial charge in [-0.15, -0.1) is 11.5 Å². The van der Waals surface area contributed by atoms with Crippen molar-refractivity contribution < 1.29 is 5.11 Å². The minimum absolute atomic E-state index is 0.305. The predicted octanol–water partition coefficient (Wildman–Crippen LogP) is 3.20. The van der Waals surface area contributed by atoms with Crippen molar-refractivity contribution in [1.82, 2.24) is 0 Å². The van der Waals surface area contributed by atoms with Crippen molar-refractivity contribution in [3.05, 3.63) is 0 Å². The van der Waals surface area contributed by atoms with Crippen molar-refractivity contribution in [2.75, 3.05) is 6.61 Å². The Balaban J connectivity index is 4.00. The molecule has 2 heteroatoms. The first-order chi connectivity index (χ1) is 6.74. The summed E-state index contributed by atoms with van der Waals surface area (Å²) in [4.78, 5) is 0. The summed E-state index contributed by atoms with van der Waals surface area (Å²) in [5.74, 6) is 3.31. The fourth-order valence-corrected chi connectivity index (χ4v) is 4.12. The molecule has 0 aromatic rings. The molecular weight excluding hydrogens is 188 g/mol. The first-order valence-electron chi connectivity index (χ1n) is 5.85. The number of unbranched alkanes of at least 4 members (excludes halogenated alkanes) is 2. The molecule has 0 aliphatic heterocycles. The van der Waals surface area contributed by atoms with Crippen LogP contribution in [0.25, 0.3) is 0 Å². The van der Waals surface area contributed by atoms with E-state index in [-0.39, 0.29) is 0 Å². The Bertz CT molecular complexity index is 178. The van der Waals surface area contributed by atoms with E-state index in [9.17, 15) is 0 Å². The molecule has 0 aromatic carbocycles. The normalized spacial score (nSPS) is 10.9. The van der Waals surface area contributed by atoms with Gasteiger partial charge in [-0.3, -0.25) is 0 Å². The molecule has 14 heavy (non-hydrogen) atoms. The summed E-state index contributed by atoms with van der Waals surface area (Å²) in [7, 11) is -1.20. The molecular formula is C12H24OSi. The number of aliphatic hydroxyl groups is 1. The second-order valence-corrected chi connectivity index (χ2v) is 8.76. The van der Waals surface area contributed by atoms with Crippen molar-refractivity contribution in [1.29, 1.82) is 0 Å². The average Bonchev–Trinajstić information content (AvgIpc) is 2.24. The van der Waals surface area contributed by atoms with Gasteiger partial charge < -0.3 is 5.11 Å². The van der Waals surface area contributed by atoms with E-state index in [4.69, 9.17) is 5.11 Å². The van der Waals surface area contributed by atoms with Gasteiger partial charge in [0.1, 0.15) is 8.07 Å². The summed E-state index contributed by atoms with van der Waals surface area (Å²) in [6, 6.07) is 3.85. The van der Waals surface area contributed by atoms with Gasteiger partial charge in [-0.2, -0.15) is 0 Å². The Kier molecular flexibility index (Phi) is 7.93. The SMILES string of the molecule is CC[Si](C#CCCCCO)(CC)CC. The third-order valence-corrected chi connectivity index (χ3v) is 7.86. The first-order valence-corrected chi connectivity index (χ1v) is 8.47. The van der Waals surface area contributed by atoms with Crippen molar-refractivity contribution in [3.8, 4) is 11.5 Å². The molecule has 1 nitrogen and oxygen atoms in total. The molecule has 0 heterocycles. The van der Waals surface area contributed by atoms with Crippen molar-refractivity contribution in [3.63, 3.8) is 0 Å². The van der Waals surface area contributed by atoms with E-state index >= 15 is 0 Å². The van der Waals surface area contributed by atoms with E-state index in [1.807, 2.05) is 0 Å². The third-order valence-electron chi connectivity index (χ3n) is 3.09. The average molecular weight is 212 g/mol. The Labute approximate surface area is 89.9 Å². The van der Waals surface area contributed by atoms with Gasteiger partial charge >= 0.3 is 0 Å². The van der Waals surface area contributed by atoms with Crippen LogP contribution in [0.4, 0.5) is 0 Å².